The van der Waals surface area contributed by atoms with Crippen molar-refractivity contribution in [2.24, 2.45) is 4.99 Å². The highest BCUT2D eigenvalue weighted by atomic mass is 15.2. The molecule has 3 aromatic heterocycles. The van der Waals surface area contributed by atoms with E-state index < -0.39 is 0 Å². The Morgan fingerprint density at radius 1 is 1.00 bits per heavy atom. The van der Waals surface area contributed by atoms with Crippen LogP contribution in [-0.4, -0.2) is 52.0 Å². The minimum Gasteiger partial charge on any atom is -0.356 e. The quantitative estimate of drug-likeness (QED) is 0.336. The second-order valence-electron chi connectivity index (χ2n) is 9.57. The van der Waals surface area contributed by atoms with Gasteiger partial charge in [-0.25, -0.2) is 0 Å². The highest BCUT2D eigenvalue weighted by molar-refractivity contribution is 6.07. The van der Waals surface area contributed by atoms with Crippen molar-refractivity contribution >= 4 is 27.8 Å². The van der Waals surface area contributed by atoms with E-state index in [-0.39, 0.29) is 0 Å². The summed E-state index contributed by atoms with van der Waals surface area (Å²) in [5, 5.41) is 9.23. The lowest BCUT2D eigenvalue weighted by molar-refractivity contribution is 0.161. The number of guanidine groups is 1. The van der Waals surface area contributed by atoms with Gasteiger partial charge < -0.3 is 15.6 Å². The molecule has 0 saturated carbocycles. The molecule has 2 aliphatic rings. The standard InChI is InChI=1S/C28H33N7/c1-2-10-23-21(9-1)22-12-15-29-24(27(22)34-23)19-35(18-4-3-13-31-28-32-16-17-33-28)25-11-5-7-20-8-6-14-30-26(20)25/h1-2,6,8-10,12,14-15,25,34H,3-5,7,11,13,16-19H2,(H2,31,32,33). The van der Waals surface area contributed by atoms with E-state index in [4.69, 9.17) is 9.97 Å². The number of hydrogen-bond acceptors (Lipinski definition) is 6. The van der Waals surface area contributed by atoms with E-state index in [9.17, 15) is 0 Å². The third-order valence-corrected chi connectivity index (χ3v) is 7.30. The van der Waals surface area contributed by atoms with Crippen LogP contribution < -0.4 is 10.6 Å². The van der Waals surface area contributed by atoms with Crippen molar-refractivity contribution in [1.82, 2.24) is 30.5 Å². The monoisotopic (exact) mass is 467 g/mol. The molecular formula is C28H33N7. The van der Waals surface area contributed by atoms with E-state index in [1.807, 2.05) is 12.4 Å². The zero-order valence-electron chi connectivity index (χ0n) is 20.1. The first-order chi connectivity index (χ1) is 17.4. The maximum Gasteiger partial charge on any atom is 0.191 e. The van der Waals surface area contributed by atoms with Crippen LogP contribution in [-0.2, 0) is 13.0 Å². The fourth-order valence-electron chi connectivity index (χ4n) is 5.59. The smallest absolute Gasteiger partial charge is 0.191 e. The van der Waals surface area contributed by atoms with Crippen LogP contribution in [0.1, 0.15) is 48.7 Å². The van der Waals surface area contributed by atoms with Gasteiger partial charge in [0.15, 0.2) is 5.96 Å². The molecule has 4 heterocycles. The van der Waals surface area contributed by atoms with Crippen LogP contribution in [0.4, 0.5) is 0 Å². The molecule has 0 spiro atoms. The van der Waals surface area contributed by atoms with Crippen molar-refractivity contribution in [3.8, 4) is 0 Å². The SMILES string of the molecule is c1cnc2c(c1)CCCC2N(CCCCNC1=NCCN1)Cc1nccc2c1[nH]c1ccccc12. The van der Waals surface area contributed by atoms with E-state index in [1.165, 1.54) is 34.0 Å². The van der Waals surface area contributed by atoms with Gasteiger partial charge in [0.2, 0.25) is 0 Å². The molecule has 35 heavy (non-hydrogen) atoms. The van der Waals surface area contributed by atoms with Crippen molar-refractivity contribution in [2.45, 2.75) is 44.7 Å². The Bertz CT molecular complexity index is 1340. The molecule has 1 unspecified atom stereocenters. The number of aromatic nitrogens is 3. The van der Waals surface area contributed by atoms with Crippen LogP contribution in [0.2, 0.25) is 0 Å². The maximum atomic E-state index is 4.86. The molecule has 7 nitrogen and oxygen atoms in total. The average molecular weight is 468 g/mol. The number of fused-ring (bicyclic) bond motifs is 4. The maximum absolute atomic E-state index is 4.86. The molecule has 6 rings (SSSR count). The summed E-state index contributed by atoms with van der Waals surface area (Å²) in [5.41, 5.74) is 6.09. The van der Waals surface area contributed by atoms with E-state index >= 15 is 0 Å². The van der Waals surface area contributed by atoms with E-state index in [1.54, 1.807) is 0 Å². The number of benzene rings is 1. The molecule has 1 aliphatic heterocycles. The van der Waals surface area contributed by atoms with Crippen molar-refractivity contribution in [3.63, 3.8) is 0 Å². The van der Waals surface area contributed by atoms with Crippen molar-refractivity contribution < 1.29 is 0 Å². The Kier molecular flexibility index (Phi) is 6.32. The van der Waals surface area contributed by atoms with Gasteiger partial charge in [-0.1, -0.05) is 24.3 Å². The van der Waals surface area contributed by atoms with Crippen LogP contribution >= 0.6 is 0 Å². The van der Waals surface area contributed by atoms with Gasteiger partial charge in [0.25, 0.3) is 0 Å². The van der Waals surface area contributed by atoms with Gasteiger partial charge in [-0.05, 0) is 62.4 Å². The van der Waals surface area contributed by atoms with Crippen LogP contribution in [0.5, 0.6) is 0 Å². The lowest BCUT2D eigenvalue weighted by Gasteiger charge is -2.35. The summed E-state index contributed by atoms with van der Waals surface area (Å²) in [5.74, 6) is 0.946. The van der Waals surface area contributed by atoms with Crippen molar-refractivity contribution in [3.05, 3.63) is 71.8 Å². The number of pyridine rings is 2. The Labute approximate surface area is 206 Å². The second-order valence-corrected chi connectivity index (χ2v) is 9.57. The van der Waals surface area contributed by atoms with Gasteiger partial charge in [-0.2, -0.15) is 0 Å². The number of aromatic amines is 1. The molecule has 0 radical (unpaired) electrons. The van der Waals surface area contributed by atoms with E-state index in [2.05, 4.69) is 68.0 Å². The highest BCUT2D eigenvalue weighted by Crippen LogP contribution is 2.35. The minimum absolute atomic E-state index is 0.329. The topological polar surface area (TPSA) is 81.2 Å². The number of aliphatic imine (C=N–C) groups is 1. The summed E-state index contributed by atoms with van der Waals surface area (Å²) in [4.78, 5) is 20.4. The average Bonchev–Trinajstić information content (AvgIpc) is 3.56. The normalized spacial score (nSPS) is 17.5. The summed E-state index contributed by atoms with van der Waals surface area (Å²) in [6.45, 7) is 4.58. The predicted octanol–water partition coefficient (Wildman–Crippen LogP) is 4.32. The summed E-state index contributed by atoms with van der Waals surface area (Å²) in [7, 11) is 0. The third-order valence-electron chi connectivity index (χ3n) is 7.30. The summed E-state index contributed by atoms with van der Waals surface area (Å²) in [6, 6.07) is 15.3. The Morgan fingerprint density at radius 2 is 1.97 bits per heavy atom. The molecular weight excluding hydrogens is 434 g/mol. The van der Waals surface area contributed by atoms with Crippen LogP contribution in [0, 0.1) is 0 Å². The Morgan fingerprint density at radius 3 is 2.91 bits per heavy atom. The molecule has 1 atom stereocenters. The number of unbranched alkanes of at least 4 members (excludes halogenated alkanes) is 1. The first kappa shape index (κ1) is 22.0. The van der Waals surface area contributed by atoms with Gasteiger partial charge in [0.1, 0.15) is 0 Å². The lowest BCUT2D eigenvalue weighted by Crippen LogP contribution is -2.35. The summed E-state index contributed by atoms with van der Waals surface area (Å²) >= 11 is 0. The molecule has 4 aromatic rings. The van der Waals surface area contributed by atoms with Gasteiger partial charge in [-0.3, -0.25) is 19.9 Å². The number of para-hydroxylation sites is 1. The first-order valence-corrected chi connectivity index (χ1v) is 12.9. The first-order valence-electron chi connectivity index (χ1n) is 12.9. The number of nitrogens with one attached hydrogen (secondary N) is 3. The van der Waals surface area contributed by atoms with Crippen LogP contribution in [0.25, 0.3) is 21.8 Å². The van der Waals surface area contributed by atoms with Crippen molar-refractivity contribution in [1.29, 1.82) is 0 Å². The second kappa shape index (κ2) is 10.0. The van der Waals surface area contributed by atoms with Crippen LogP contribution in [0.15, 0.2) is 59.9 Å². The van der Waals surface area contributed by atoms with Gasteiger partial charge >= 0.3 is 0 Å². The van der Waals surface area contributed by atoms with Gasteiger partial charge in [-0.15, -0.1) is 0 Å². The molecule has 3 N–H and O–H groups in total. The predicted molar refractivity (Wildman–Crippen MR) is 141 cm³/mol. The molecule has 0 bridgehead atoms. The Balaban J connectivity index is 1.25. The molecule has 0 amide bonds. The van der Waals surface area contributed by atoms with Gasteiger partial charge in [0, 0.05) is 48.3 Å². The lowest BCUT2D eigenvalue weighted by atomic mass is 9.90. The third kappa shape index (κ3) is 4.60. The number of aryl methyl sites for hydroxylation is 1. The molecule has 0 saturated heterocycles. The van der Waals surface area contributed by atoms with E-state index in [0.29, 0.717) is 6.04 Å². The summed E-state index contributed by atoms with van der Waals surface area (Å²) in [6.07, 6.45) is 9.60. The Hall–Kier alpha value is -3.45. The number of hydrogen-bond donors (Lipinski definition) is 3. The molecule has 0 fully saturated rings. The van der Waals surface area contributed by atoms with Gasteiger partial charge in [0.05, 0.1) is 29.5 Å². The molecule has 1 aromatic carbocycles. The zero-order chi connectivity index (χ0) is 23.5. The van der Waals surface area contributed by atoms with Crippen molar-refractivity contribution in [2.75, 3.05) is 26.2 Å². The fraction of sp³-hybridized carbons (Fsp3) is 0.393. The molecule has 180 valence electrons. The summed E-state index contributed by atoms with van der Waals surface area (Å²) < 4.78 is 0. The highest BCUT2D eigenvalue weighted by Gasteiger charge is 2.28. The van der Waals surface area contributed by atoms with Crippen LogP contribution in [0.3, 0.4) is 0 Å². The minimum atomic E-state index is 0.329. The number of rotatable bonds is 8. The number of nitrogens with zero attached hydrogens (tertiary/aromatic N) is 4. The number of H-pyrrole nitrogens is 1. The van der Waals surface area contributed by atoms with E-state index in [0.717, 1.165) is 75.6 Å². The zero-order valence-corrected chi connectivity index (χ0v) is 20.1. The molecule has 1 aliphatic carbocycles. The molecule has 7 heteroatoms. The largest absolute Gasteiger partial charge is 0.356 e. The fourth-order valence-corrected chi connectivity index (χ4v) is 5.59.